The zero-order valence-corrected chi connectivity index (χ0v) is 13.9. The average Bonchev–Trinajstić information content (AvgIpc) is 2.46. The fourth-order valence-corrected chi connectivity index (χ4v) is 5.57. The molecule has 2 aliphatic heterocycles. The molecule has 1 unspecified atom stereocenters. The Hall–Kier alpha value is -0.260. The van der Waals surface area contributed by atoms with Crippen molar-refractivity contribution >= 4 is 20.2 Å². The standard InChI is InChI=1S/C11H24N4O4S2/c1-20(16,17)13-6-8-14(9-7-13)21(18,19)15-5-3-2-4-11(15)10-12/h11H,2-10,12H2,1H3. The number of piperidine rings is 1. The highest BCUT2D eigenvalue weighted by Gasteiger charge is 2.38. The summed E-state index contributed by atoms with van der Waals surface area (Å²) in [6, 6.07) is -0.142. The lowest BCUT2D eigenvalue weighted by atomic mass is 10.1. The molecule has 10 heteroatoms. The monoisotopic (exact) mass is 340 g/mol. The summed E-state index contributed by atoms with van der Waals surface area (Å²) in [5, 5.41) is 0. The number of hydrogen-bond acceptors (Lipinski definition) is 5. The van der Waals surface area contributed by atoms with Crippen LogP contribution in [0.1, 0.15) is 19.3 Å². The summed E-state index contributed by atoms with van der Waals surface area (Å²) in [6.45, 7) is 1.63. The number of nitrogens with two attached hydrogens (primary N) is 1. The fraction of sp³-hybridized carbons (Fsp3) is 1.00. The smallest absolute Gasteiger partial charge is 0.282 e. The predicted molar refractivity (Wildman–Crippen MR) is 80.3 cm³/mol. The maximum absolute atomic E-state index is 12.7. The first-order valence-electron chi connectivity index (χ1n) is 7.19. The third-order valence-electron chi connectivity index (χ3n) is 4.13. The number of hydrogen-bond donors (Lipinski definition) is 1. The average molecular weight is 340 g/mol. The van der Waals surface area contributed by atoms with E-state index in [-0.39, 0.29) is 32.2 Å². The lowest BCUT2D eigenvalue weighted by Crippen LogP contribution is -2.57. The second kappa shape index (κ2) is 6.47. The molecule has 2 heterocycles. The van der Waals surface area contributed by atoms with Crippen molar-refractivity contribution < 1.29 is 16.8 Å². The second-order valence-corrected chi connectivity index (χ2v) is 9.43. The van der Waals surface area contributed by atoms with Crippen LogP contribution in [0.3, 0.4) is 0 Å². The molecule has 2 saturated heterocycles. The van der Waals surface area contributed by atoms with Gasteiger partial charge in [0.05, 0.1) is 6.26 Å². The number of nitrogens with zero attached hydrogens (tertiary/aromatic N) is 3. The van der Waals surface area contributed by atoms with E-state index in [1.807, 2.05) is 0 Å². The van der Waals surface area contributed by atoms with E-state index in [0.717, 1.165) is 25.5 Å². The van der Waals surface area contributed by atoms with Crippen LogP contribution in [-0.4, -0.2) is 81.3 Å². The predicted octanol–water partition coefficient (Wildman–Crippen LogP) is -1.38. The van der Waals surface area contributed by atoms with E-state index in [4.69, 9.17) is 5.73 Å². The third kappa shape index (κ3) is 3.74. The van der Waals surface area contributed by atoms with Crippen LogP contribution in [0.2, 0.25) is 0 Å². The molecule has 2 aliphatic rings. The van der Waals surface area contributed by atoms with Crippen molar-refractivity contribution in [3.63, 3.8) is 0 Å². The summed E-state index contributed by atoms with van der Waals surface area (Å²) in [5.74, 6) is 0. The van der Waals surface area contributed by atoms with Gasteiger partial charge in [0.2, 0.25) is 10.0 Å². The first-order valence-corrected chi connectivity index (χ1v) is 10.4. The van der Waals surface area contributed by atoms with Gasteiger partial charge < -0.3 is 5.73 Å². The van der Waals surface area contributed by atoms with E-state index in [1.54, 1.807) is 0 Å². The minimum Gasteiger partial charge on any atom is -0.329 e. The van der Waals surface area contributed by atoms with Crippen molar-refractivity contribution in [2.45, 2.75) is 25.3 Å². The van der Waals surface area contributed by atoms with Gasteiger partial charge in [-0.05, 0) is 12.8 Å². The molecule has 124 valence electrons. The molecule has 0 aromatic heterocycles. The summed E-state index contributed by atoms with van der Waals surface area (Å²) in [5.41, 5.74) is 5.69. The van der Waals surface area contributed by atoms with Gasteiger partial charge in [-0.2, -0.15) is 21.3 Å². The van der Waals surface area contributed by atoms with E-state index in [1.165, 1.54) is 12.9 Å². The van der Waals surface area contributed by atoms with E-state index >= 15 is 0 Å². The first kappa shape index (κ1) is 17.1. The maximum Gasteiger partial charge on any atom is 0.282 e. The van der Waals surface area contributed by atoms with E-state index in [9.17, 15) is 16.8 Å². The lowest BCUT2D eigenvalue weighted by molar-refractivity contribution is 0.214. The van der Waals surface area contributed by atoms with Gasteiger partial charge in [0.1, 0.15) is 0 Å². The topological polar surface area (TPSA) is 104 Å². The van der Waals surface area contributed by atoms with Crippen LogP contribution >= 0.6 is 0 Å². The Bertz CT molecular complexity index is 555. The SMILES string of the molecule is CS(=O)(=O)N1CCN(S(=O)(=O)N2CCCCC2CN)CC1. The van der Waals surface area contributed by atoms with Gasteiger partial charge in [-0.15, -0.1) is 0 Å². The molecule has 0 bridgehead atoms. The van der Waals surface area contributed by atoms with Crippen LogP contribution in [0.15, 0.2) is 0 Å². The molecule has 2 fully saturated rings. The molecule has 2 N–H and O–H groups in total. The van der Waals surface area contributed by atoms with Gasteiger partial charge in [0, 0.05) is 45.3 Å². The Morgan fingerprint density at radius 1 is 0.952 bits per heavy atom. The van der Waals surface area contributed by atoms with Crippen LogP contribution in [0.4, 0.5) is 0 Å². The molecule has 2 rings (SSSR count). The largest absolute Gasteiger partial charge is 0.329 e. The third-order valence-corrected chi connectivity index (χ3v) is 7.53. The maximum atomic E-state index is 12.7. The van der Waals surface area contributed by atoms with Crippen molar-refractivity contribution in [2.24, 2.45) is 5.73 Å². The first-order chi connectivity index (χ1) is 9.76. The minimum absolute atomic E-state index is 0.142. The second-order valence-electron chi connectivity index (χ2n) is 5.56. The van der Waals surface area contributed by atoms with Gasteiger partial charge in [-0.3, -0.25) is 0 Å². The molecule has 0 saturated carbocycles. The van der Waals surface area contributed by atoms with Crippen molar-refractivity contribution in [3.8, 4) is 0 Å². The molecule has 1 atom stereocenters. The number of sulfonamides is 1. The van der Waals surface area contributed by atoms with Gasteiger partial charge in [0.15, 0.2) is 0 Å². The van der Waals surface area contributed by atoms with Gasteiger partial charge in [0.25, 0.3) is 10.2 Å². The Labute approximate surface area is 127 Å². The van der Waals surface area contributed by atoms with Crippen molar-refractivity contribution in [3.05, 3.63) is 0 Å². The molecule has 21 heavy (non-hydrogen) atoms. The Balaban J connectivity index is 2.07. The lowest BCUT2D eigenvalue weighted by Gasteiger charge is -2.40. The van der Waals surface area contributed by atoms with Crippen LogP contribution in [0.5, 0.6) is 0 Å². The normalized spacial score (nSPS) is 27.8. The van der Waals surface area contributed by atoms with Crippen LogP contribution in [-0.2, 0) is 20.2 Å². The zero-order valence-electron chi connectivity index (χ0n) is 12.3. The molecular weight excluding hydrogens is 316 g/mol. The van der Waals surface area contributed by atoms with Gasteiger partial charge in [-0.1, -0.05) is 6.42 Å². The van der Waals surface area contributed by atoms with E-state index < -0.39 is 20.2 Å². The molecule has 0 spiro atoms. The minimum atomic E-state index is -3.55. The molecular formula is C11H24N4O4S2. The highest BCUT2D eigenvalue weighted by atomic mass is 32.2. The van der Waals surface area contributed by atoms with Gasteiger partial charge >= 0.3 is 0 Å². The molecule has 0 aliphatic carbocycles. The van der Waals surface area contributed by atoms with E-state index in [2.05, 4.69) is 0 Å². The highest BCUT2D eigenvalue weighted by Crippen LogP contribution is 2.23. The summed E-state index contributed by atoms with van der Waals surface area (Å²) >= 11 is 0. The van der Waals surface area contributed by atoms with Crippen molar-refractivity contribution in [1.82, 2.24) is 12.9 Å². The fourth-order valence-electron chi connectivity index (χ4n) is 2.89. The molecule has 8 nitrogen and oxygen atoms in total. The van der Waals surface area contributed by atoms with Crippen molar-refractivity contribution in [2.75, 3.05) is 45.5 Å². The summed E-state index contributed by atoms with van der Waals surface area (Å²) in [6.07, 6.45) is 3.78. The Morgan fingerprint density at radius 2 is 1.52 bits per heavy atom. The molecule has 0 aromatic carbocycles. The van der Waals surface area contributed by atoms with Crippen molar-refractivity contribution in [1.29, 1.82) is 0 Å². The summed E-state index contributed by atoms with van der Waals surface area (Å²) in [7, 11) is -6.81. The van der Waals surface area contributed by atoms with E-state index in [0.29, 0.717) is 13.1 Å². The molecule has 0 radical (unpaired) electrons. The highest BCUT2D eigenvalue weighted by molar-refractivity contribution is 7.88. The molecule has 0 amide bonds. The Morgan fingerprint density at radius 3 is 2.05 bits per heavy atom. The quantitative estimate of drug-likeness (QED) is 0.679. The Kier molecular flexibility index (Phi) is 5.27. The van der Waals surface area contributed by atoms with Crippen LogP contribution < -0.4 is 5.73 Å². The summed E-state index contributed by atoms with van der Waals surface area (Å²) in [4.78, 5) is 0. The van der Waals surface area contributed by atoms with Crippen LogP contribution in [0, 0.1) is 0 Å². The van der Waals surface area contributed by atoms with Gasteiger partial charge in [-0.25, -0.2) is 8.42 Å². The number of piperazine rings is 1. The van der Waals surface area contributed by atoms with Crippen LogP contribution in [0.25, 0.3) is 0 Å². The molecule has 0 aromatic rings. The zero-order chi connectivity index (χ0) is 15.7. The summed E-state index contributed by atoms with van der Waals surface area (Å²) < 4.78 is 52.5. The number of rotatable bonds is 4.